The first-order valence-electron chi connectivity index (χ1n) is 7.88. The first-order chi connectivity index (χ1) is 10.6. The van der Waals surface area contributed by atoms with E-state index in [4.69, 9.17) is 0 Å². The van der Waals surface area contributed by atoms with Crippen LogP contribution in [0.5, 0.6) is 0 Å². The van der Waals surface area contributed by atoms with E-state index in [2.05, 4.69) is 0 Å². The third kappa shape index (κ3) is 2.03. The fourth-order valence-electron chi connectivity index (χ4n) is 4.64. The van der Waals surface area contributed by atoms with E-state index < -0.39 is 13.8 Å². The minimum absolute atomic E-state index is 0.130. The molecule has 4 rings (SSSR count). The second kappa shape index (κ2) is 5.10. The number of aromatic nitrogens is 1. The molecule has 1 fully saturated rings. The molecule has 2 aliphatic carbocycles. The fraction of sp³-hybridized carbons (Fsp3) is 0.529. The van der Waals surface area contributed by atoms with Crippen LogP contribution in [0.15, 0.2) is 29.6 Å². The molecule has 3 aliphatic rings. The van der Waals surface area contributed by atoms with Gasteiger partial charge in [0.2, 0.25) is 0 Å². The SMILES string of the molecule is CC(=O)C1=C2C[Se](=O)[C@H]3c4cc[n+]([O-])cc4CC[C@@H]3[C@H]2CC1. The van der Waals surface area contributed by atoms with Crippen molar-refractivity contribution in [1.82, 2.24) is 0 Å². The third-order valence-electron chi connectivity index (χ3n) is 5.56. The standard InChI is InChI=1S/C17H19NO3Se/c1-10(19)12-4-5-14-15-3-2-11-8-18(20)7-6-13(11)17(15)22(21)9-16(12)14/h6-8,14-15,17H,2-5,9H2,1H3/t14-,15-,17+,22?/m1/s1. The van der Waals surface area contributed by atoms with Crippen molar-refractivity contribution in [1.29, 1.82) is 0 Å². The van der Waals surface area contributed by atoms with Gasteiger partial charge in [0.1, 0.15) is 0 Å². The van der Waals surface area contributed by atoms with Crippen LogP contribution in [0.4, 0.5) is 0 Å². The number of pyridine rings is 1. The van der Waals surface area contributed by atoms with Crippen LogP contribution in [-0.4, -0.2) is 19.6 Å². The zero-order valence-electron chi connectivity index (χ0n) is 12.6. The van der Waals surface area contributed by atoms with Gasteiger partial charge in [0.25, 0.3) is 0 Å². The maximum absolute atomic E-state index is 13.0. The van der Waals surface area contributed by atoms with Gasteiger partial charge in [-0.3, -0.25) is 0 Å². The number of Topliss-reactive ketones (excluding diaryl/α,β-unsaturated/α-hetero) is 1. The Bertz CT molecular complexity index is 725. The van der Waals surface area contributed by atoms with Crippen LogP contribution in [0.1, 0.15) is 42.1 Å². The van der Waals surface area contributed by atoms with Gasteiger partial charge in [-0.25, -0.2) is 0 Å². The predicted octanol–water partition coefficient (Wildman–Crippen LogP) is 2.24. The van der Waals surface area contributed by atoms with E-state index in [1.165, 1.54) is 11.8 Å². The second-order valence-corrected chi connectivity index (χ2v) is 9.91. The normalized spacial score (nSPS) is 33.1. The number of carbonyl (C=O) groups excluding carboxylic acids is 1. The van der Waals surface area contributed by atoms with Gasteiger partial charge in [0.15, 0.2) is 0 Å². The summed E-state index contributed by atoms with van der Waals surface area (Å²) >= 11 is -2.06. The second-order valence-electron chi connectivity index (χ2n) is 6.64. The zero-order chi connectivity index (χ0) is 15.4. The van der Waals surface area contributed by atoms with Crippen LogP contribution in [0.2, 0.25) is 5.32 Å². The van der Waals surface area contributed by atoms with E-state index in [1.807, 2.05) is 6.07 Å². The van der Waals surface area contributed by atoms with Crippen molar-refractivity contribution >= 4 is 19.6 Å². The van der Waals surface area contributed by atoms with Gasteiger partial charge in [0, 0.05) is 0 Å². The topological polar surface area (TPSA) is 61.1 Å². The molecular formula is C17H19NO3Se. The summed E-state index contributed by atoms with van der Waals surface area (Å²) in [7, 11) is 0. The molecule has 0 radical (unpaired) electrons. The van der Waals surface area contributed by atoms with E-state index in [1.54, 1.807) is 13.1 Å². The number of allylic oxidation sites excluding steroid dienone is 2. The molecule has 1 aromatic heterocycles. The van der Waals surface area contributed by atoms with Gasteiger partial charge in [0.05, 0.1) is 0 Å². The summed E-state index contributed by atoms with van der Waals surface area (Å²) < 4.78 is 13.8. The Kier molecular flexibility index (Phi) is 3.31. The summed E-state index contributed by atoms with van der Waals surface area (Å²) in [5.74, 6) is 1.00. The van der Waals surface area contributed by atoms with E-state index in [-0.39, 0.29) is 10.6 Å². The average Bonchev–Trinajstić information content (AvgIpc) is 2.90. The van der Waals surface area contributed by atoms with Crippen LogP contribution in [0.25, 0.3) is 0 Å². The third-order valence-corrected chi connectivity index (χ3v) is 9.26. The molecule has 1 aliphatic heterocycles. The van der Waals surface area contributed by atoms with Crippen molar-refractivity contribution in [2.24, 2.45) is 11.8 Å². The van der Waals surface area contributed by atoms with Crippen LogP contribution >= 0.6 is 0 Å². The number of carbonyl (C=O) groups is 1. The van der Waals surface area contributed by atoms with Gasteiger partial charge in [-0.1, -0.05) is 0 Å². The van der Waals surface area contributed by atoms with E-state index in [9.17, 15) is 13.8 Å². The first kappa shape index (κ1) is 14.3. The molecule has 0 aromatic carbocycles. The van der Waals surface area contributed by atoms with Crippen molar-refractivity contribution in [2.75, 3.05) is 0 Å². The fourth-order valence-corrected chi connectivity index (χ4v) is 9.05. The Labute approximate surface area is 133 Å². The molecular weight excluding hydrogens is 345 g/mol. The Morgan fingerprint density at radius 1 is 1.36 bits per heavy atom. The molecule has 1 aromatic rings. The summed E-state index contributed by atoms with van der Waals surface area (Å²) in [6, 6.07) is 1.88. The number of aryl methyl sites for hydroxylation is 1. The Morgan fingerprint density at radius 2 is 2.18 bits per heavy atom. The van der Waals surface area contributed by atoms with Gasteiger partial charge < -0.3 is 0 Å². The van der Waals surface area contributed by atoms with Crippen molar-refractivity contribution < 1.29 is 13.4 Å². The van der Waals surface area contributed by atoms with Gasteiger partial charge >= 0.3 is 133 Å². The Balaban J connectivity index is 1.78. The molecule has 22 heavy (non-hydrogen) atoms. The molecule has 4 nitrogen and oxygen atoms in total. The maximum atomic E-state index is 13.0. The quantitative estimate of drug-likeness (QED) is 0.436. The monoisotopic (exact) mass is 365 g/mol. The number of rotatable bonds is 1. The van der Waals surface area contributed by atoms with Crippen molar-refractivity contribution in [3.63, 3.8) is 0 Å². The van der Waals surface area contributed by atoms with E-state index >= 15 is 0 Å². The van der Waals surface area contributed by atoms with Crippen molar-refractivity contribution in [3.8, 4) is 0 Å². The van der Waals surface area contributed by atoms with Crippen LogP contribution < -0.4 is 4.73 Å². The van der Waals surface area contributed by atoms with Gasteiger partial charge in [-0.05, 0) is 0 Å². The summed E-state index contributed by atoms with van der Waals surface area (Å²) in [6.07, 6.45) is 6.95. The molecule has 0 spiro atoms. The minimum atomic E-state index is -2.06. The van der Waals surface area contributed by atoms with Crippen molar-refractivity contribution in [2.45, 2.75) is 42.7 Å². The molecule has 0 N–H and O–H groups in total. The number of nitrogens with zero attached hydrogens (tertiary/aromatic N) is 1. The summed E-state index contributed by atoms with van der Waals surface area (Å²) in [5.41, 5.74) is 4.38. The average molecular weight is 364 g/mol. The van der Waals surface area contributed by atoms with E-state index in [0.29, 0.717) is 17.2 Å². The van der Waals surface area contributed by atoms with Gasteiger partial charge in [-0.2, -0.15) is 0 Å². The molecule has 5 heteroatoms. The molecule has 1 unspecified atom stereocenters. The number of ketones is 1. The molecule has 0 amide bonds. The molecule has 0 saturated carbocycles. The molecule has 4 atom stereocenters. The van der Waals surface area contributed by atoms with Crippen LogP contribution in [-0.2, 0) is 15.1 Å². The Hall–Kier alpha value is -1.32. The molecule has 2 heterocycles. The van der Waals surface area contributed by atoms with Gasteiger partial charge in [-0.15, -0.1) is 0 Å². The number of fused-ring (bicyclic) bond motifs is 5. The first-order valence-corrected chi connectivity index (χ1v) is 10.8. The summed E-state index contributed by atoms with van der Waals surface area (Å²) in [4.78, 5) is 11.9. The predicted molar refractivity (Wildman–Crippen MR) is 81.6 cm³/mol. The molecule has 0 bridgehead atoms. The number of hydrogen-bond donors (Lipinski definition) is 0. The van der Waals surface area contributed by atoms with Crippen molar-refractivity contribution in [3.05, 3.63) is 45.9 Å². The Morgan fingerprint density at radius 3 is 2.95 bits per heavy atom. The van der Waals surface area contributed by atoms with Crippen LogP contribution in [0.3, 0.4) is 0 Å². The summed E-state index contributed by atoms with van der Waals surface area (Å²) in [6.45, 7) is 1.64. The number of hydrogen-bond acceptors (Lipinski definition) is 3. The summed E-state index contributed by atoms with van der Waals surface area (Å²) in [5, 5.41) is 12.1. The van der Waals surface area contributed by atoms with E-state index in [0.717, 1.165) is 47.1 Å². The molecule has 1 saturated heterocycles. The van der Waals surface area contributed by atoms with Crippen LogP contribution in [0, 0.1) is 17.0 Å². The molecule has 116 valence electrons. The zero-order valence-corrected chi connectivity index (χ0v) is 14.3.